The fourth-order valence-electron chi connectivity index (χ4n) is 2.67. The number of aliphatic hydroxyl groups is 1. The second kappa shape index (κ2) is 5.69. The fourth-order valence-corrected chi connectivity index (χ4v) is 2.67. The van der Waals surface area contributed by atoms with Crippen molar-refractivity contribution in [1.29, 1.82) is 0 Å². The molecule has 2 aromatic rings. The predicted molar refractivity (Wildman–Crippen MR) is 83.9 cm³/mol. The maximum atomic E-state index is 9.85. The summed E-state index contributed by atoms with van der Waals surface area (Å²) in [7, 11) is 0. The molecule has 2 heterocycles. The lowest BCUT2D eigenvalue weighted by atomic mass is 9.97. The smallest absolute Gasteiger partial charge is 0.163 e. The molecule has 1 fully saturated rings. The Morgan fingerprint density at radius 3 is 2.71 bits per heavy atom. The molecule has 0 aliphatic carbocycles. The van der Waals surface area contributed by atoms with Gasteiger partial charge < -0.3 is 15.7 Å². The van der Waals surface area contributed by atoms with Crippen molar-refractivity contribution in [3.63, 3.8) is 0 Å². The van der Waals surface area contributed by atoms with Gasteiger partial charge >= 0.3 is 0 Å². The van der Waals surface area contributed by atoms with Crippen LogP contribution in [0.15, 0.2) is 36.4 Å². The number of aliphatic hydroxyl groups excluding tert-OH is 1. The summed E-state index contributed by atoms with van der Waals surface area (Å²) in [5, 5.41) is 9.85. The first kappa shape index (κ1) is 13.8. The highest BCUT2D eigenvalue weighted by molar-refractivity contribution is 5.60. The average molecular weight is 284 g/mol. The molecule has 2 atom stereocenters. The summed E-state index contributed by atoms with van der Waals surface area (Å²) >= 11 is 0. The number of hydrogen-bond donors (Lipinski definition) is 2. The molecule has 5 nitrogen and oxygen atoms in total. The minimum absolute atomic E-state index is 0.228. The van der Waals surface area contributed by atoms with Gasteiger partial charge in [-0.3, -0.25) is 0 Å². The summed E-state index contributed by atoms with van der Waals surface area (Å²) in [5.74, 6) is 2.18. The molecule has 1 aromatic carbocycles. The number of anilines is 2. The number of rotatable bonds is 2. The number of aromatic nitrogens is 2. The number of nitrogen functional groups attached to an aromatic ring is 1. The number of nitrogens with two attached hydrogens (primary N) is 1. The van der Waals surface area contributed by atoms with E-state index < -0.39 is 0 Å². The Morgan fingerprint density at radius 1 is 1.24 bits per heavy atom. The molecule has 21 heavy (non-hydrogen) atoms. The zero-order valence-corrected chi connectivity index (χ0v) is 12.1. The molecule has 110 valence electrons. The van der Waals surface area contributed by atoms with Crippen LogP contribution in [0.3, 0.4) is 0 Å². The standard InChI is InChI=1S/C16H20N4O/c1-11-10-20(8-7-13(11)21)15-9-14(17)18-16(19-15)12-5-3-2-4-6-12/h2-6,9,11,13,21H,7-8,10H2,1H3,(H2,17,18,19). The van der Waals surface area contributed by atoms with Crippen molar-refractivity contribution < 1.29 is 5.11 Å². The van der Waals surface area contributed by atoms with Crippen molar-refractivity contribution in [2.75, 3.05) is 23.7 Å². The second-order valence-electron chi connectivity index (χ2n) is 5.62. The second-order valence-corrected chi connectivity index (χ2v) is 5.62. The lowest BCUT2D eigenvalue weighted by Gasteiger charge is -2.35. The predicted octanol–water partition coefficient (Wildman–Crippen LogP) is 1.93. The number of nitrogens with zero attached hydrogens (tertiary/aromatic N) is 3. The third-order valence-electron chi connectivity index (χ3n) is 3.95. The van der Waals surface area contributed by atoms with Gasteiger partial charge in [-0.05, 0) is 12.3 Å². The van der Waals surface area contributed by atoms with Crippen molar-refractivity contribution in [2.45, 2.75) is 19.4 Å². The minimum atomic E-state index is -0.228. The zero-order chi connectivity index (χ0) is 14.8. The van der Waals surface area contributed by atoms with E-state index in [0.717, 1.165) is 30.9 Å². The van der Waals surface area contributed by atoms with E-state index in [1.54, 1.807) is 6.07 Å². The van der Waals surface area contributed by atoms with Crippen molar-refractivity contribution in [1.82, 2.24) is 9.97 Å². The molecule has 3 rings (SSSR count). The summed E-state index contributed by atoms with van der Waals surface area (Å²) in [6.45, 7) is 3.63. The van der Waals surface area contributed by atoms with Gasteiger partial charge in [0.25, 0.3) is 0 Å². The number of benzene rings is 1. The average Bonchev–Trinajstić information content (AvgIpc) is 2.50. The molecule has 1 aromatic heterocycles. The van der Waals surface area contributed by atoms with Crippen LogP contribution in [0.2, 0.25) is 0 Å². The topological polar surface area (TPSA) is 75.3 Å². The molecule has 1 aliphatic heterocycles. The van der Waals surface area contributed by atoms with Crippen LogP contribution in [0.5, 0.6) is 0 Å². The molecule has 0 radical (unpaired) electrons. The van der Waals surface area contributed by atoms with Crippen molar-refractivity contribution in [2.24, 2.45) is 5.92 Å². The molecule has 3 N–H and O–H groups in total. The monoisotopic (exact) mass is 284 g/mol. The van der Waals surface area contributed by atoms with Crippen molar-refractivity contribution in [3.05, 3.63) is 36.4 Å². The summed E-state index contributed by atoms with van der Waals surface area (Å²) in [5.41, 5.74) is 6.89. The highest BCUT2D eigenvalue weighted by Gasteiger charge is 2.25. The van der Waals surface area contributed by atoms with E-state index in [1.807, 2.05) is 30.3 Å². The number of hydrogen-bond acceptors (Lipinski definition) is 5. The Bertz CT molecular complexity index is 617. The van der Waals surface area contributed by atoms with Gasteiger partial charge in [0.05, 0.1) is 6.10 Å². The molecular weight excluding hydrogens is 264 g/mol. The van der Waals surface area contributed by atoms with Crippen LogP contribution in [-0.4, -0.2) is 34.3 Å². The van der Waals surface area contributed by atoms with Gasteiger partial charge in [-0.1, -0.05) is 37.3 Å². The summed E-state index contributed by atoms with van der Waals surface area (Å²) < 4.78 is 0. The van der Waals surface area contributed by atoms with E-state index in [9.17, 15) is 5.11 Å². The van der Waals surface area contributed by atoms with E-state index in [2.05, 4.69) is 21.8 Å². The number of piperidine rings is 1. The Labute approximate surface area is 124 Å². The van der Waals surface area contributed by atoms with Gasteiger partial charge in [0.1, 0.15) is 11.6 Å². The van der Waals surface area contributed by atoms with Crippen LogP contribution >= 0.6 is 0 Å². The minimum Gasteiger partial charge on any atom is -0.393 e. The Morgan fingerprint density at radius 2 is 2.00 bits per heavy atom. The van der Waals surface area contributed by atoms with Crippen LogP contribution in [0, 0.1) is 5.92 Å². The van der Waals surface area contributed by atoms with Gasteiger partial charge in [0.15, 0.2) is 5.82 Å². The van der Waals surface area contributed by atoms with E-state index in [0.29, 0.717) is 11.6 Å². The van der Waals surface area contributed by atoms with E-state index in [4.69, 9.17) is 5.73 Å². The molecule has 0 amide bonds. The molecule has 0 spiro atoms. The molecule has 5 heteroatoms. The third-order valence-corrected chi connectivity index (χ3v) is 3.95. The van der Waals surface area contributed by atoms with Crippen molar-refractivity contribution >= 4 is 11.6 Å². The maximum absolute atomic E-state index is 9.85. The van der Waals surface area contributed by atoms with Gasteiger partial charge in [0, 0.05) is 24.7 Å². The Hall–Kier alpha value is -2.14. The van der Waals surface area contributed by atoms with Crippen LogP contribution in [0.25, 0.3) is 11.4 Å². The highest BCUT2D eigenvalue weighted by Crippen LogP contribution is 2.25. The maximum Gasteiger partial charge on any atom is 0.163 e. The van der Waals surface area contributed by atoms with Crippen LogP contribution in [0.4, 0.5) is 11.6 Å². The van der Waals surface area contributed by atoms with E-state index >= 15 is 0 Å². The molecule has 1 aliphatic rings. The largest absolute Gasteiger partial charge is 0.393 e. The van der Waals surface area contributed by atoms with Crippen LogP contribution in [-0.2, 0) is 0 Å². The van der Waals surface area contributed by atoms with E-state index in [1.165, 1.54) is 0 Å². The molecule has 0 saturated carbocycles. The molecule has 1 saturated heterocycles. The summed E-state index contributed by atoms with van der Waals surface area (Å²) in [4.78, 5) is 11.1. The summed E-state index contributed by atoms with van der Waals surface area (Å²) in [6.07, 6.45) is 0.528. The van der Waals surface area contributed by atoms with Crippen molar-refractivity contribution in [3.8, 4) is 11.4 Å². The SMILES string of the molecule is CC1CN(c2cc(N)nc(-c3ccccc3)n2)CCC1O. The zero-order valence-electron chi connectivity index (χ0n) is 12.1. The van der Waals surface area contributed by atoms with Crippen LogP contribution < -0.4 is 10.6 Å². The van der Waals surface area contributed by atoms with E-state index in [-0.39, 0.29) is 12.0 Å². The third kappa shape index (κ3) is 2.97. The Kier molecular flexibility index (Phi) is 3.75. The Balaban J connectivity index is 1.92. The lowest BCUT2D eigenvalue weighted by molar-refractivity contribution is 0.0969. The fraction of sp³-hybridized carbons (Fsp3) is 0.375. The lowest BCUT2D eigenvalue weighted by Crippen LogP contribution is -2.42. The van der Waals surface area contributed by atoms with Gasteiger partial charge in [-0.25, -0.2) is 9.97 Å². The van der Waals surface area contributed by atoms with Gasteiger partial charge in [-0.2, -0.15) is 0 Å². The first-order valence-corrected chi connectivity index (χ1v) is 7.26. The normalized spacial score (nSPS) is 22.3. The van der Waals surface area contributed by atoms with Crippen LogP contribution in [0.1, 0.15) is 13.3 Å². The highest BCUT2D eigenvalue weighted by atomic mass is 16.3. The van der Waals surface area contributed by atoms with Gasteiger partial charge in [0.2, 0.25) is 0 Å². The first-order chi connectivity index (χ1) is 10.1. The quantitative estimate of drug-likeness (QED) is 0.881. The summed E-state index contributed by atoms with van der Waals surface area (Å²) in [6, 6.07) is 11.6. The molecular formula is C16H20N4O. The van der Waals surface area contributed by atoms with Gasteiger partial charge in [-0.15, -0.1) is 0 Å². The molecule has 0 bridgehead atoms. The first-order valence-electron chi connectivity index (χ1n) is 7.26. The molecule has 2 unspecified atom stereocenters.